The van der Waals surface area contributed by atoms with Crippen LogP contribution in [0.25, 0.3) is 10.2 Å². The lowest BCUT2D eigenvalue weighted by Crippen LogP contribution is -2.17. The van der Waals surface area contributed by atoms with Gasteiger partial charge < -0.3 is 10.5 Å². The van der Waals surface area contributed by atoms with Crippen molar-refractivity contribution in [3.05, 3.63) is 89.0 Å². The van der Waals surface area contributed by atoms with Crippen molar-refractivity contribution >= 4 is 38.8 Å². The fraction of sp³-hybridized carbons (Fsp3) is 0.0870. The number of aromatic nitrogens is 1. The van der Waals surface area contributed by atoms with Crippen molar-refractivity contribution in [2.45, 2.75) is 13.5 Å². The number of hydrazone groups is 1. The van der Waals surface area contributed by atoms with Crippen LogP contribution in [0, 0.1) is 6.92 Å². The minimum atomic E-state index is -0.307. The highest BCUT2D eigenvalue weighted by atomic mass is 32.1. The minimum Gasteiger partial charge on any atom is -0.488 e. The number of ether oxygens (including phenoxy) is 1. The van der Waals surface area contributed by atoms with Crippen LogP contribution in [0.15, 0.2) is 71.8 Å². The first-order valence-electron chi connectivity index (χ1n) is 9.35. The van der Waals surface area contributed by atoms with Gasteiger partial charge in [0.05, 0.1) is 16.4 Å². The fourth-order valence-electron chi connectivity index (χ4n) is 2.87. The number of para-hydroxylation sites is 1. The quantitative estimate of drug-likeness (QED) is 0.357. The Morgan fingerprint density at radius 2 is 1.97 bits per heavy atom. The van der Waals surface area contributed by atoms with Crippen LogP contribution in [0.1, 0.15) is 27.0 Å². The highest BCUT2D eigenvalue weighted by Gasteiger charge is 2.08. The van der Waals surface area contributed by atoms with Crippen LogP contribution in [0.3, 0.4) is 0 Å². The van der Waals surface area contributed by atoms with E-state index >= 15 is 0 Å². The number of amides is 1. The van der Waals surface area contributed by atoms with Crippen LogP contribution >= 0.6 is 11.3 Å². The van der Waals surface area contributed by atoms with Gasteiger partial charge in [-0.2, -0.15) is 5.10 Å². The molecule has 3 N–H and O–H groups in total. The molecule has 4 aromatic rings. The molecule has 7 heteroatoms. The molecule has 0 bridgehead atoms. The molecule has 1 amide bonds. The standard InChI is InChI=1S/C23H20N4O2S/c1-15-6-8-16(9-7-15)14-29-20-5-3-2-4-18(20)13-25-27-22(28)17-10-11-19-21(12-17)30-23(24)26-19/h2-13H,14H2,1H3,(H2,24,26)(H,27,28)/b25-13-. The second-order valence-electron chi connectivity index (χ2n) is 6.75. The first-order valence-corrected chi connectivity index (χ1v) is 10.2. The van der Waals surface area contributed by atoms with Gasteiger partial charge >= 0.3 is 0 Å². The summed E-state index contributed by atoms with van der Waals surface area (Å²) in [4.78, 5) is 16.6. The van der Waals surface area contributed by atoms with Crippen LogP contribution in [0.4, 0.5) is 5.13 Å². The van der Waals surface area contributed by atoms with Gasteiger partial charge in [-0.3, -0.25) is 4.79 Å². The van der Waals surface area contributed by atoms with E-state index < -0.39 is 0 Å². The van der Waals surface area contributed by atoms with E-state index in [1.54, 1.807) is 24.4 Å². The summed E-state index contributed by atoms with van der Waals surface area (Å²) in [5.41, 5.74) is 12.6. The van der Waals surface area contributed by atoms with Crippen LogP contribution in [0.5, 0.6) is 5.75 Å². The lowest BCUT2D eigenvalue weighted by atomic mass is 10.1. The number of nitrogens with two attached hydrogens (primary N) is 1. The van der Waals surface area contributed by atoms with Crippen LogP contribution < -0.4 is 15.9 Å². The van der Waals surface area contributed by atoms with E-state index in [0.29, 0.717) is 23.1 Å². The zero-order valence-electron chi connectivity index (χ0n) is 16.3. The third-order valence-corrected chi connectivity index (χ3v) is 5.32. The summed E-state index contributed by atoms with van der Waals surface area (Å²) in [6.07, 6.45) is 1.57. The topological polar surface area (TPSA) is 89.6 Å². The average Bonchev–Trinajstić information content (AvgIpc) is 3.13. The summed E-state index contributed by atoms with van der Waals surface area (Å²) in [5, 5.41) is 4.56. The van der Waals surface area contributed by atoms with E-state index in [1.165, 1.54) is 16.9 Å². The molecule has 0 aliphatic heterocycles. The molecule has 0 aliphatic carbocycles. The Kier molecular flexibility index (Phi) is 5.72. The summed E-state index contributed by atoms with van der Waals surface area (Å²) in [6, 6.07) is 21.0. The molecular weight excluding hydrogens is 396 g/mol. The number of aryl methyl sites for hydroxylation is 1. The fourth-order valence-corrected chi connectivity index (χ4v) is 3.65. The number of rotatable bonds is 6. The number of benzene rings is 3. The van der Waals surface area contributed by atoms with Crippen molar-refractivity contribution in [3.8, 4) is 5.75 Å². The molecule has 0 spiro atoms. The third-order valence-electron chi connectivity index (χ3n) is 4.47. The summed E-state index contributed by atoms with van der Waals surface area (Å²) in [6.45, 7) is 2.50. The van der Waals surface area contributed by atoms with Gasteiger partial charge in [0.2, 0.25) is 0 Å². The Labute approximate surface area is 178 Å². The zero-order chi connectivity index (χ0) is 20.9. The number of hydrogen-bond acceptors (Lipinski definition) is 6. The van der Waals surface area contributed by atoms with Gasteiger partial charge in [-0.05, 0) is 42.8 Å². The van der Waals surface area contributed by atoms with Gasteiger partial charge in [0.1, 0.15) is 12.4 Å². The number of thiazole rings is 1. The second kappa shape index (κ2) is 8.75. The molecule has 0 radical (unpaired) electrons. The lowest BCUT2D eigenvalue weighted by Gasteiger charge is -2.09. The van der Waals surface area contributed by atoms with E-state index in [-0.39, 0.29) is 5.91 Å². The van der Waals surface area contributed by atoms with Gasteiger partial charge in [0.25, 0.3) is 5.91 Å². The minimum absolute atomic E-state index is 0.307. The van der Waals surface area contributed by atoms with Crippen LogP contribution in [0.2, 0.25) is 0 Å². The molecule has 150 valence electrons. The lowest BCUT2D eigenvalue weighted by molar-refractivity contribution is 0.0955. The molecule has 3 aromatic carbocycles. The Bertz CT molecular complexity index is 1220. The number of nitrogens with one attached hydrogen (secondary N) is 1. The first kappa shape index (κ1) is 19.6. The molecule has 0 unspecified atom stereocenters. The summed E-state index contributed by atoms with van der Waals surface area (Å²) in [7, 11) is 0. The van der Waals surface area contributed by atoms with Crippen molar-refractivity contribution in [3.63, 3.8) is 0 Å². The molecule has 0 atom stereocenters. The number of hydrogen-bond donors (Lipinski definition) is 2. The number of nitrogens with zero attached hydrogens (tertiary/aromatic N) is 2. The molecule has 4 rings (SSSR count). The molecular formula is C23H20N4O2S. The maximum Gasteiger partial charge on any atom is 0.271 e. The highest BCUT2D eigenvalue weighted by molar-refractivity contribution is 7.22. The number of carbonyl (C=O) groups is 1. The maximum absolute atomic E-state index is 12.4. The predicted molar refractivity (Wildman–Crippen MR) is 121 cm³/mol. The van der Waals surface area contributed by atoms with Gasteiger partial charge in [0, 0.05) is 11.1 Å². The smallest absolute Gasteiger partial charge is 0.271 e. The monoisotopic (exact) mass is 416 g/mol. The van der Waals surface area contributed by atoms with E-state index in [2.05, 4.69) is 34.6 Å². The molecule has 30 heavy (non-hydrogen) atoms. The predicted octanol–water partition coefficient (Wildman–Crippen LogP) is 4.53. The number of fused-ring (bicyclic) bond motifs is 1. The Balaban J connectivity index is 1.41. The van der Waals surface area contributed by atoms with E-state index in [4.69, 9.17) is 10.5 Å². The molecule has 1 aromatic heterocycles. The van der Waals surface area contributed by atoms with E-state index in [1.807, 2.05) is 36.4 Å². The SMILES string of the molecule is Cc1ccc(COc2ccccc2/C=N\NC(=O)c2ccc3nc(N)sc3c2)cc1. The Hall–Kier alpha value is -3.71. The van der Waals surface area contributed by atoms with Gasteiger partial charge in [-0.25, -0.2) is 10.4 Å². The van der Waals surface area contributed by atoms with Crippen molar-refractivity contribution in [2.24, 2.45) is 5.10 Å². The van der Waals surface area contributed by atoms with Gasteiger partial charge in [0.15, 0.2) is 5.13 Å². The van der Waals surface area contributed by atoms with E-state index in [9.17, 15) is 4.79 Å². The second-order valence-corrected chi connectivity index (χ2v) is 7.81. The normalized spacial score (nSPS) is 11.1. The molecule has 6 nitrogen and oxygen atoms in total. The summed E-state index contributed by atoms with van der Waals surface area (Å²) < 4.78 is 6.79. The van der Waals surface area contributed by atoms with Crippen molar-refractivity contribution in [2.75, 3.05) is 5.73 Å². The maximum atomic E-state index is 12.4. The van der Waals surface area contributed by atoms with Crippen LogP contribution in [-0.2, 0) is 6.61 Å². The zero-order valence-corrected chi connectivity index (χ0v) is 17.1. The van der Waals surface area contributed by atoms with Crippen molar-refractivity contribution in [1.29, 1.82) is 0 Å². The molecule has 1 heterocycles. The first-order chi connectivity index (χ1) is 14.6. The Morgan fingerprint density at radius 1 is 1.17 bits per heavy atom. The van der Waals surface area contributed by atoms with Crippen LogP contribution in [-0.4, -0.2) is 17.1 Å². The largest absolute Gasteiger partial charge is 0.488 e. The number of carbonyl (C=O) groups excluding carboxylic acids is 1. The molecule has 0 aliphatic rings. The third kappa shape index (κ3) is 4.64. The van der Waals surface area contributed by atoms with Gasteiger partial charge in [-0.1, -0.05) is 53.3 Å². The average molecular weight is 417 g/mol. The van der Waals surface area contributed by atoms with Crippen molar-refractivity contribution in [1.82, 2.24) is 10.4 Å². The Morgan fingerprint density at radius 3 is 2.80 bits per heavy atom. The molecule has 0 fully saturated rings. The molecule has 0 saturated heterocycles. The number of anilines is 1. The summed E-state index contributed by atoms with van der Waals surface area (Å²) in [5.74, 6) is 0.385. The summed E-state index contributed by atoms with van der Waals surface area (Å²) >= 11 is 1.34. The van der Waals surface area contributed by atoms with Gasteiger partial charge in [-0.15, -0.1) is 0 Å². The number of nitrogen functional groups attached to an aromatic ring is 1. The molecule has 0 saturated carbocycles. The highest BCUT2D eigenvalue weighted by Crippen LogP contribution is 2.24. The van der Waals surface area contributed by atoms with E-state index in [0.717, 1.165) is 21.3 Å². The van der Waals surface area contributed by atoms with Crippen molar-refractivity contribution < 1.29 is 9.53 Å².